The maximum atomic E-state index is 12.9. The van der Waals surface area contributed by atoms with E-state index in [-0.39, 0.29) is 10.9 Å². The van der Waals surface area contributed by atoms with E-state index in [1.807, 2.05) is 0 Å². The van der Waals surface area contributed by atoms with E-state index in [0.29, 0.717) is 12.5 Å². The maximum absolute atomic E-state index is 12.9. The molecule has 0 bridgehead atoms. The van der Waals surface area contributed by atoms with Crippen LogP contribution < -0.4 is 0 Å². The molecule has 0 unspecified atom stereocenters. The highest BCUT2D eigenvalue weighted by Crippen LogP contribution is 2.34. The van der Waals surface area contributed by atoms with E-state index < -0.39 is 20.8 Å². The predicted octanol–water partition coefficient (Wildman–Crippen LogP) is 2.40. The van der Waals surface area contributed by atoms with E-state index >= 15 is 0 Å². The molecule has 0 aromatic carbocycles. The Bertz CT molecular complexity index is 670. The van der Waals surface area contributed by atoms with Gasteiger partial charge in [0.1, 0.15) is 0 Å². The zero-order chi connectivity index (χ0) is 17.2. The number of aryl methyl sites for hydroxylation is 1. The van der Waals surface area contributed by atoms with Gasteiger partial charge in [-0.2, -0.15) is 8.99 Å². The average molecular weight is 344 g/mol. The third-order valence-electron chi connectivity index (χ3n) is 4.72. The summed E-state index contributed by atoms with van der Waals surface area (Å²) in [5.74, 6) is -0.300. The molecular weight excluding hydrogens is 320 g/mol. The molecule has 0 amide bonds. The Morgan fingerprint density at radius 1 is 1.39 bits per heavy atom. The number of hydrogen-bond donors (Lipinski definition) is 0. The molecule has 0 aliphatic heterocycles. The highest BCUT2D eigenvalue weighted by Gasteiger charge is 2.39. The van der Waals surface area contributed by atoms with Gasteiger partial charge in [-0.05, 0) is 30.6 Å². The molecular formula is C14H24N4O4S. The lowest BCUT2D eigenvalue weighted by Crippen LogP contribution is -2.43. The molecule has 8 nitrogen and oxygen atoms in total. The van der Waals surface area contributed by atoms with Gasteiger partial charge in [0.2, 0.25) is 4.90 Å². The van der Waals surface area contributed by atoms with E-state index in [1.165, 1.54) is 22.2 Å². The Labute approximate surface area is 136 Å². The Kier molecular flexibility index (Phi) is 5.41. The number of nitrogens with zero attached hydrogens (tertiary/aromatic N) is 4. The normalized spacial score (nSPS) is 22.4. The van der Waals surface area contributed by atoms with Crippen molar-refractivity contribution >= 4 is 15.8 Å². The summed E-state index contributed by atoms with van der Waals surface area (Å²) in [6.07, 6.45) is 6.05. The van der Waals surface area contributed by atoms with E-state index in [1.54, 1.807) is 6.92 Å². The van der Waals surface area contributed by atoms with Crippen molar-refractivity contribution in [3.63, 3.8) is 0 Å². The SMILES string of the molecule is CC[C@@H]1CCCC[C@H]1N(C)S(=O)(=O)c1cn(CC)nc1[N+](=O)[O-]. The second-order valence-corrected chi connectivity index (χ2v) is 7.94. The predicted molar refractivity (Wildman–Crippen MR) is 85.5 cm³/mol. The van der Waals surface area contributed by atoms with Crippen LogP contribution in [0.2, 0.25) is 0 Å². The van der Waals surface area contributed by atoms with Crippen LogP contribution in [0.25, 0.3) is 0 Å². The lowest BCUT2D eigenvalue weighted by molar-refractivity contribution is -0.392. The standard InChI is InChI=1S/C14H24N4O4S/c1-4-11-8-6-7-9-12(11)16(3)23(21,22)13-10-17(5-2)15-14(13)18(19)20/h10-12H,4-9H2,1-3H3/t11-,12-/m1/s1. The highest BCUT2D eigenvalue weighted by atomic mass is 32.2. The molecule has 1 aromatic heterocycles. The fourth-order valence-electron chi connectivity index (χ4n) is 3.34. The minimum atomic E-state index is -3.94. The zero-order valence-corrected chi connectivity index (χ0v) is 14.6. The van der Waals surface area contributed by atoms with Crippen LogP contribution in [0.3, 0.4) is 0 Å². The lowest BCUT2D eigenvalue weighted by atomic mass is 9.83. The van der Waals surface area contributed by atoms with E-state index in [4.69, 9.17) is 0 Å². The summed E-state index contributed by atoms with van der Waals surface area (Å²) in [4.78, 5) is 10.1. The van der Waals surface area contributed by atoms with Crippen LogP contribution in [0.5, 0.6) is 0 Å². The summed E-state index contributed by atoms with van der Waals surface area (Å²) < 4.78 is 28.4. The van der Waals surface area contributed by atoms with Crippen LogP contribution in [-0.2, 0) is 16.6 Å². The molecule has 1 aliphatic rings. The smallest absolute Gasteiger partial charge is 0.358 e. The topological polar surface area (TPSA) is 98.3 Å². The summed E-state index contributed by atoms with van der Waals surface area (Å²) in [5, 5.41) is 14.9. The Morgan fingerprint density at radius 2 is 2.04 bits per heavy atom. The van der Waals surface area contributed by atoms with Gasteiger partial charge < -0.3 is 10.1 Å². The molecule has 2 atom stereocenters. The van der Waals surface area contributed by atoms with Crippen molar-refractivity contribution in [2.75, 3.05) is 7.05 Å². The largest absolute Gasteiger partial charge is 0.410 e. The van der Waals surface area contributed by atoms with E-state index in [0.717, 1.165) is 32.1 Å². The molecule has 1 aliphatic carbocycles. The first-order valence-electron chi connectivity index (χ1n) is 8.02. The highest BCUT2D eigenvalue weighted by molar-refractivity contribution is 7.89. The third kappa shape index (κ3) is 3.40. The van der Waals surface area contributed by atoms with Gasteiger partial charge in [-0.1, -0.05) is 26.2 Å². The summed E-state index contributed by atoms with van der Waals surface area (Å²) in [7, 11) is -2.41. The van der Waals surface area contributed by atoms with Crippen LogP contribution >= 0.6 is 0 Å². The average Bonchev–Trinajstić information content (AvgIpc) is 2.99. The quantitative estimate of drug-likeness (QED) is 0.583. The van der Waals surface area contributed by atoms with Crippen LogP contribution in [0, 0.1) is 16.0 Å². The van der Waals surface area contributed by atoms with Gasteiger partial charge in [0.15, 0.2) is 0 Å². The molecule has 0 radical (unpaired) electrons. The van der Waals surface area contributed by atoms with Gasteiger partial charge in [0.05, 0.1) is 17.8 Å². The summed E-state index contributed by atoms with van der Waals surface area (Å²) in [6, 6.07) is -0.108. The molecule has 1 heterocycles. The number of nitro groups is 1. The molecule has 2 rings (SSSR count). The van der Waals surface area contributed by atoms with Gasteiger partial charge >= 0.3 is 5.82 Å². The lowest BCUT2D eigenvalue weighted by Gasteiger charge is -2.36. The fourth-order valence-corrected chi connectivity index (χ4v) is 4.88. The van der Waals surface area contributed by atoms with Crippen molar-refractivity contribution in [1.29, 1.82) is 0 Å². The van der Waals surface area contributed by atoms with Crippen LogP contribution in [0.4, 0.5) is 5.82 Å². The number of aromatic nitrogens is 2. The van der Waals surface area contributed by atoms with Crippen LogP contribution in [-0.4, -0.2) is 40.5 Å². The monoisotopic (exact) mass is 344 g/mol. The minimum Gasteiger partial charge on any atom is -0.358 e. The fraction of sp³-hybridized carbons (Fsp3) is 0.786. The molecule has 130 valence electrons. The number of hydrogen-bond acceptors (Lipinski definition) is 5. The van der Waals surface area contributed by atoms with Crippen LogP contribution in [0.1, 0.15) is 46.0 Å². The number of sulfonamides is 1. The van der Waals surface area contributed by atoms with Gasteiger partial charge in [-0.25, -0.2) is 8.42 Å². The Hall–Kier alpha value is -1.48. The molecule has 1 saturated carbocycles. The Balaban J connectivity index is 2.41. The van der Waals surface area contributed by atoms with E-state index in [2.05, 4.69) is 12.0 Å². The molecule has 0 saturated heterocycles. The van der Waals surface area contributed by atoms with Crippen molar-refractivity contribution in [2.24, 2.45) is 5.92 Å². The Morgan fingerprint density at radius 3 is 2.61 bits per heavy atom. The first-order valence-corrected chi connectivity index (χ1v) is 9.46. The maximum Gasteiger partial charge on any atom is 0.410 e. The van der Waals surface area contributed by atoms with Crippen molar-refractivity contribution < 1.29 is 13.3 Å². The first kappa shape index (κ1) is 17.9. The van der Waals surface area contributed by atoms with Gasteiger partial charge in [-0.15, -0.1) is 0 Å². The molecule has 1 fully saturated rings. The summed E-state index contributed by atoms with van der Waals surface area (Å²) in [5.41, 5.74) is 0. The molecule has 23 heavy (non-hydrogen) atoms. The first-order chi connectivity index (χ1) is 10.8. The second kappa shape index (κ2) is 6.96. The van der Waals surface area contributed by atoms with Gasteiger partial charge in [0.25, 0.3) is 10.0 Å². The second-order valence-electron chi connectivity index (χ2n) is 5.97. The van der Waals surface area contributed by atoms with Crippen molar-refractivity contribution in [3.8, 4) is 0 Å². The third-order valence-corrected chi connectivity index (χ3v) is 6.60. The molecule has 1 aromatic rings. The summed E-state index contributed by atoms with van der Waals surface area (Å²) >= 11 is 0. The summed E-state index contributed by atoms with van der Waals surface area (Å²) in [6.45, 7) is 4.19. The molecule has 0 N–H and O–H groups in total. The molecule has 0 spiro atoms. The van der Waals surface area contributed by atoms with Crippen molar-refractivity contribution in [2.45, 2.75) is 63.4 Å². The van der Waals surface area contributed by atoms with Crippen molar-refractivity contribution in [3.05, 3.63) is 16.3 Å². The van der Waals surface area contributed by atoms with Gasteiger partial charge in [0, 0.05) is 13.1 Å². The molecule has 9 heteroatoms. The zero-order valence-electron chi connectivity index (χ0n) is 13.8. The van der Waals surface area contributed by atoms with E-state index in [9.17, 15) is 18.5 Å². The van der Waals surface area contributed by atoms with Gasteiger partial charge in [-0.3, -0.25) is 0 Å². The number of rotatable bonds is 6. The minimum absolute atomic E-state index is 0.108. The van der Waals surface area contributed by atoms with Crippen LogP contribution in [0.15, 0.2) is 11.1 Å². The van der Waals surface area contributed by atoms with Crippen molar-refractivity contribution in [1.82, 2.24) is 14.1 Å².